The molecule has 0 saturated heterocycles. The van der Waals surface area contributed by atoms with E-state index in [1.807, 2.05) is 13.0 Å². The predicted molar refractivity (Wildman–Crippen MR) is 69.6 cm³/mol. The van der Waals surface area contributed by atoms with Crippen molar-refractivity contribution < 1.29 is 13.2 Å². The lowest BCUT2D eigenvalue weighted by Gasteiger charge is -2.10. The lowest BCUT2D eigenvalue weighted by atomic mass is 9.96. The maximum atomic E-state index is 12.7. The Hall–Kier alpha value is -2.21. The molecule has 0 nitrogen and oxygen atoms in total. The Morgan fingerprint density at radius 2 is 1.79 bits per heavy atom. The second-order valence-electron chi connectivity index (χ2n) is 4.27. The molecule has 0 saturated carbocycles. The molecule has 0 spiro atoms. The van der Waals surface area contributed by atoms with Crippen molar-refractivity contribution in [2.24, 2.45) is 0 Å². The first-order valence-corrected chi connectivity index (χ1v) is 5.67. The summed E-state index contributed by atoms with van der Waals surface area (Å²) in [5.74, 6) is 2.50. The number of benzene rings is 2. The van der Waals surface area contributed by atoms with Gasteiger partial charge in [0.25, 0.3) is 0 Å². The van der Waals surface area contributed by atoms with Gasteiger partial charge in [0.2, 0.25) is 0 Å². The molecule has 0 fully saturated rings. The minimum absolute atomic E-state index is 0.478. The molecule has 96 valence electrons. The van der Waals surface area contributed by atoms with E-state index in [0.717, 1.165) is 17.7 Å². The summed E-state index contributed by atoms with van der Waals surface area (Å²) in [7, 11) is 0. The molecule has 0 N–H and O–H groups in total. The van der Waals surface area contributed by atoms with E-state index in [2.05, 4.69) is 5.92 Å². The highest BCUT2D eigenvalue weighted by atomic mass is 19.4. The van der Waals surface area contributed by atoms with Crippen LogP contribution in [0.25, 0.3) is 11.1 Å². The molecule has 19 heavy (non-hydrogen) atoms. The van der Waals surface area contributed by atoms with Crippen LogP contribution < -0.4 is 0 Å². The highest BCUT2D eigenvalue weighted by Crippen LogP contribution is 2.33. The molecule has 0 radical (unpaired) electrons. The zero-order valence-corrected chi connectivity index (χ0v) is 10.3. The van der Waals surface area contributed by atoms with E-state index in [0.29, 0.717) is 16.7 Å². The molecule has 0 aliphatic heterocycles. The summed E-state index contributed by atoms with van der Waals surface area (Å²) < 4.78 is 38.1. The van der Waals surface area contributed by atoms with Crippen molar-refractivity contribution in [2.45, 2.75) is 13.1 Å². The first-order valence-electron chi connectivity index (χ1n) is 5.67. The van der Waals surface area contributed by atoms with E-state index in [4.69, 9.17) is 6.42 Å². The normalized spacial score (nSPS) is 11.1. The Kier molecular flexibility index (Phi) is 3.35. The Labute approximate surface area is 109 Å². The van der Waals surface area contributed by atoms with Crippen LogP contribution in [0.2, 0.25) is 0 Å². The SMILES string of the molecule is C#Cc1ccc(C)cc1-c1cccc(C(F)(F)F)c1. The first-order chi connectivity index (χ1) is 8.91. The summed E-state index contributed by atoms with van der Waals surface area (Å²) in [5, 5.41) is 0. The van der Waals surface area contributed by atoms with E-state index in [1.54, 1.807) is 18.2 Å². The van der Waals surface area contributed by atoms with Crippen LogP contribution in [0.4, 0.5) is 13.2 Å². The van der Waals surface area contributed by atoms with Crippen LogP contribution in [0.3, 0.4) is 0 Å². The van der Waals surface area contributed by atoms with Crippen molar-refractivity contribution in [1.82, 2.24) is 0 Å². The van der Waals surface area contributed by atoms with Crippen LogP contribution in [0, 0.1) is 19.3 Å². The van der Waals surface area contributed by atoms with E-state index in [1.165, 1.54) is 6.07 Å². The quantitative estimate of drug-likeness (QED) is 0.654. The molecule has 2 aromatic carbocycles. The summed E-state index contributed by atoms with van der Waals surface area (Å²) in [6.45, 7) is 1.87. The van der Waals surface area contributed by atoms with Gasteiger partial charge in [-0.3, -0.25) is 0 Å². The van der Waals surface area contributed by atoms with Crippen LogP contribution in [0.1, 0.15) is 16.7 Å². The second-order valence-corrected chi connectivity index (χ2v) is 4.27. The smallest absolute Gasteiger partial charge is 0.166 e. The number of halogens is 3. The van der Waals surface area contributed by atoms with Crippen molar-refractivity contribution in [3.63, 3.8) is 0 Å². The summed E-state index contributed by atoms with van der Waals surface area (Å²) >= 11 is 0. The molecule has 3 heteroatoms. The molecular weight excluding hydrogens is 249 g/mol. The van der Waals surface area contributed by atoms with E-state index < -0.39 is 11.7 Å². The second kappa shape index (κ2) is 4.81. The van der Waals surface area contributed by atoms with Gasteiger partial charge in [0, 0.05) is 5.56 Å². The molecule has 0 heterocycles. The Morgan fingerprint density at radius 3 is 2.42 bits per heavy atom. The monoisotopic (exact) mass is 260 g/mol. The number of hydrogen-bond acceptors (Lipinski definition) is 0. The number of terminal acetylenes is 1. The molecule has 0 amide bonds. The average molecular weight is 260 g/mol. The van der Waals surface area contributed by atoms with E-state index >= 15 is 0 Å². The first kappa shape index (κ1) is 13.2. The maximum Gasteiger partial charge on any atom is 0.416 e. The van der Waals surface area contributed by atoms with Gasteiger partial charge in [-0.05, 0) is 36.2 Å². The summed E-state index contributed by atoms with van der Waals surface area (Å²) in [6, 6.07) is 10.6. The van der Waals surface area contributed by atoms with Gasteiger partial charge in [-0.2, -0.15) is 13.2 Å². The van der Waals surface area contributed by atoms with Crippen LogP contribution in [-0.2, 0) is 6.18 Å². The van der Waals surface area contributed by atoms with Crippen molar-refractivity contribution in [1.29, 1.82) is 0 Å². The van der Waals surface area contributed by atoms with Crippen molar-refractivity contribution >= 4 is 0 Å². The van der Waals surface area contributed by atoms with Gasteiger partial charge in [-0.25, -0.2) is 0 Å². The van der Waals surface area contributed by atoms with Gasteiger partial charge in [-0.15, -0.1) is 6.42 Å². The van der Waals surface area contributed by atoms with Gasteiger partial charge >= 0.3 is 6.18 Å². The third kappa shape index (κ3) is 2.79. The highest BCUT2D eigenvalue weighted by Gasteiger charge is 2.30. The standard InChI is InChI=1S/C16H11F3/c1-3-12-8-7-11(2)9-15(12)13-5-4-6-14(10-13)16(17,18)19/h1,4-10H,2H3. The molecule has 0 atom stereocenters. The van der Waals surface area contributed by atoms with Crippen LogP contribution in [-0.4, -0.2) is 0 Å². The van der Waals surface area contributed by atoms with Crippen molar-refractivity contribution in [2.75, 3.05) is 0 Å². The summed E-state index contributed by atoms with van der Waals surface area (Å²) in [6.07, 6.45) is 1.04. The molecule has 0 aromatic heterocycles. The Bertz CT molecular complexity index is 646. The highest BCUT2D eigenvalue weighted by molar-refractivity contribution is 5.72. The summed E-state index contributed by atoms with van der Waals surface area (Å²) in [5.41, 5.74) is 1.99. The molecular formula is C16H11F3. The van der Waals surface area contributed by atoms with Crippen LogP contribution >= 0.6 is 0 Å². The molecule has 2 aromatic rings. The fourth-order valence-corrected chi connectivity index (χ4v) is 1.89. The van der Waals surface area contributed by atoms with Crippen molar-refractivity contribution in [3.8, 4) is 23.5 Å². The topological polar surface area (TPSA) is 0 Å². The minimum Gasteiger partial charge on any atom is -0.166 e. The predicted octanol–water partition coefficient (Wildman–Crippen LogP) is 4.66. The maximum absolute atomic E-state index is 12.7. The molecule has 0 unspecified atom stereocenters. The van der Waals surface area contributed by atoms with Gasteiger partial charge in [0.05, 0.1) is 5.56 Å². The van der Waals surface area contributed by atoms with Crippen molar-refractivity contribution in [3.05, 3.63) is 59.2 Å². The van der Waals surface area contributed by atoms with Gasteiger partial charge in [0.15, 0.2) is 0 Å². The molecule has 0 aliphatic carbocycles. The van der Waals surface area contributed by atoms with Crippen LogP contribution in [0.15, 0.2) is 42.5 Å². The third-order valence-electron chi connectivity index (χ3n) is 2.83. The fraction of sp³-hybridized carbons (Fsp3) is 0.125. The fourth-order valence-electron chi connectivity index (χ4n) is 1.89. The van der Waals surface area contributed by atoms with Gasteiger partial charge < -0.3 is 0 Å². The van der Waals surface area contributed by atoms with Gasteiger partial charge in [-0.1, -0.05) is 35.7 Å². The Balaban J connectivity index is 2.60. The van der Waals surface area contributed by atoms with E-state index in [-0.39, 0.29) is 0 Å². The zero-order valence-electron chi connectivity index (χ0n) is 10.3. The molecule has 2 rings (SSSR count). The summed E-state index contributed by atoms with van der Waals surface area (Å²) in [4.78, 5) is 0. The number of aryl methyl sites for hydroxylation is 1. The lowest BCUT2D eigenvalue weighted by molar-refractivity contribution is -0.137. The van der Waals surface area contributed by atoms with Crippen LogP contribution in [0.5, 0.6) is 0 Å². The van der Waals surface area contributed by atoms with E-state index in [9.17, 15) is 13.2 Å². The van der Waals surface area contributed by atoms with Gasteiger partial charge in [0.1, 0.15) is 0 Å². The third-order valence-corrected chi connectivity index (χ3v) is 2.83. The average Bonchev–Trinajstić information content (AvgIpc) is 2.38. The minimum atomic E-state index is -4.35. The lowest BCUT2D eigenvalue weighted by Crippen LogP contribution is -2.04. The zero-order chi connectivity index (χ0) is 14.0. The molecule has 0 bridgehead atoms. The number of hydrogen-bond donors (Lipinski definition) is 0. The Morgan fingerprint density at radius 1 is 1.05 bits per heavy atom. The largest absolute Gasteiger partial charge is 0.416 e. The number of rotatable bonds is 1. The molecule has 0 aliphatic rings. The number of alkyl halides is 3.